The Morgan fingerprint density at radius 1 is 1.62 bits per heavy atom. The van der Waals surface area contributed by atoms with Crippen LogP contribution in [0.1, 0.15) is 12.8 Å². The number of hydrogen-bond acceptors (Lipinski definition) is 3. The predicted molar refractivity (Wildman–Crippen MR) is 50.5 cm³/mol. The van der Waals surface area contributed by atoms with Gasteiger partial charge in [-0.3, -0.25) is 0 Å². The molecular weight excluding hydrogens is 190 g/mol. The van der Waals surface area contributed by atoms with E-state index < -0.39 is 10.0 Å². The van der Waals surface area contributed by atoms with Gasteiger partial charge in [0.15, 0.2) is 0 Å². The maximum atomic E-state index is 11.3. The molecule has 0 aromatic rings. The van der Waals surface area contributed by atoms with Crippen LogP contribution in [0.25, 0.3) is 0 Å². The Labute approximate surface area is 78.9 Å². The zero-order valence-electron chi connectivity index (χ0n) is 7.52. The molecule has 1 aliphatic heterocycles. The van der Waals surface area contributed by atoms with Crippen molar-refractivity contribution in [1.29, 1.82) is 0 Å². The monoisotopic (exact) mass is 205 g/mol. The topological polar surface area (TPSA) is 57.6 Å². The van der Waals surface area contributed by atoms with Gasteiger partial charge in [0.1, 0.15) is 0 Å². The van der Waals surface area contributed by atoms with Crippen molar-refractivity contribution >= 4 is 10.0 Å². The summed E-state index contributed by atoms with van der Waals surface area (Å²) in [5, 5.41) is 9.86. The van der Waals surface area contributed by atoms with E-state index in [1.54, 1.807) is 0 Å². The normalized spacial score (nSPS) is 25.8. The van der Waals surface area contributed by atoms with Gasteiger partial charge in [0.2, 0.25) is 10.0 Å². The van der Waals surface area contributed by atoms with Gasteiger partial charge in [-0.2, -0.15) is 4.31 Å². The second-order valence-electron chi connectivity index (χ2n) is 3.26. The average Bonchev–Trinajstić information content (AvgIpc) is 2.18. The molecule has 76 valence electrons. The number of aliphatic hydroxyl groups is 1. The number of hydrogen-bond donors (Lipinski definition) is 1. The van der Waals surface area contributed by atoms with Gasteiger partial charge in [-0.05, 0) is 18.8 Å². The summed E-state index contributed by atoms with van der Waals surface area (Å²) < 4.78 is 24.1. The van der Waals surface area contributed by atoms with Crippen LogP contribution in [0.3, 0.4) is 0 Å². The first-order valence-corrected chi connectivity index (χ1v) is 5.84. The Morgan fingerprint density at radius 3 is 2.85 bits per heavy atom. The van der Waals surface area contributed by atoms with Gasteiger partial charge in [-0.1, -0.05) is 6.58 Å². The highest BCUT2D eigenvalue weighted by Gasteiger charge is 2.26. The summed E-state index contributed by atoms with van der Waals surface area (Å²) in [5.41, 5.74) is 0. The van der Waals surface area contributed by atoms with Gasteiger partial charge in [0, 0.05) is 25.1 Å². The third-order valence-corrected chi connectivity index (χ3v) is 3.78. The lowest BCUT2D eigenvalue weighted by Gasteiger charge is -2.29. The van der Waals surface area contributed by atoms with Crippen LogP contribution in [0.5, 0.6) is 0 Å². The van der Waals surface area contributed by atoms with Crippen molar-refractivity contribution in [3.8, 4) is 0 Å². The molecule has 0 aromatic carbocycles. The van der Waals surface area contributed by atoms with Gasteiger partial charge in [-0.15, -0.1) is 0 Å². The first-order chi connectivity index (χ1) is 6.10. The van der Waals surface area contributed by atoms with Gasteiger partial charge >= 0.3 is 0 Å². The molecule has 0 bridgehead atoms. The highest BCUT2D eigenvalue weighted by molar-refractivity contribution is 7.92. The summed E-state index contributed by atoms with van der Waals surface area (Å²) in [6.07, 6.45) is 1.72. The molecular formula is C8H15NO3S. The molecule has 0 aromatic heterocycles. The van der Waals surface area contributed by atoms with Crippen molar-refractivity contribution in [2.45, 2.75) is 12.8 Å². The molecule has 5 heteroatoms. The molecule has 0 aliphatic carbocycles. The Morgan fingerprint density at radius 2 is 2.31 bits per heavy atom. The molecule has 4 nitrogen and oxygen atoms in total. The number of piperidine rings is 1. The Balaban J connectivity index is 2.66. The molecule has 1 fully saturated rings. The number of nitrogens with zero attached hydrogens (tertiary/aromatic N) is 1. The molecule has 1 saturated heterocycles. The van der Waals surface area contributed by atoms with Gasteiger partial charge in [-0.25, -0.2) is 8.42 Å². The van der Waals surface area contributed by atoms with Gasteiger partial charge < -0.3 is 5.11 Å². The highest BCUT2D eigenvalue weighted by Crippen LogP contribution is 2.18. The number of rotatable bonds is 3. The summed E-state index contributed by atoms with van der Waals surface area (Å²) in [5.74, 6) is 0.0866. The predicted octanol–water partition coefficient (Wildman–Crippen LogP) is 0.164. The second-order valence-corrected chi connectivity index (χ2v) is 5.14. The van der Waals surface area contributed by atoms with E-state index in [0.717, 1.165) is 18.2 Å². The zero-order valence-corrected chi connectivity index (χ0v) is 8.33. The summed E-state index contributed by atoms with van der Waals surface area (Å²) >= 11 is 0. The molecule has 1 aliphatic rings. The van der Waals surface area contributed by atoms with E-state index in [1.165, 1.54) is 4.31 Å². The lowest BCUT2D eigenvalue weighted by molar-refractivity contribution is 0.166. The van der Waals surface area contributed by atoms with E-state index >= 15 is 0 Å². The van der Waals surface area contributed by atoms with Crippen LogP contribution in [0.4, 0.5) is 0 Å². The lowest BCUT2D eigenvalue weighted by Crippen LogP contribution is -2.39. The lowest BCUT2D eigenvalue weighted by atomic mass is 10.0. The maximum Gasteiger partial charge on any atom is 0.235 e. The maximum absolute atomic E-state index is 11.3. The van der Waals surface area contributed by atoms with Crippen LogP contribution in [0, 0.1) is 5.92 Å². The molecule has 1 heterocycles. The standard InChI is InChI=1S/C8H15NO3S/c1-2-13(11,12)9-5-3-4-8(6-9)7-10/h2,8,10H,1,3-7H2/t8-/m0/s1. The Hall–Kier alpha value is -0.390. The fourth-order valence-electron chi connectivity index (χ4n) is 1.51. The van der Waals surface area contributed by atoms with Crippen LogP contribution < -0.4 is 0 Å². The fourth-order valence-corrected chi connectivity index (χ4v) is 2.53. The quantitative estimate of drug-likeness (QED) is 0.714. The van der Waals surface area contributed by atoms with E-state index in [1.807, 2.05) is 0 Å². The fraction of sp³-hybridized carbons (Fsp3) is 0.750. The van der Waals surface area contributed by atoms with Crippen molar-refractivity contribution in [2.24, 2.45) is 5.92 Å². The van der Waals surface area contributed by atoms with E-state index in [2.05, 4.69) is 6.58 Å². The smallest absolute Gasteiger partial charge is 0.235 e. The van der Waals surface area contributed by atoms with Crippen molar-refractivity contribution < 1.29 is 13.5 Å². The summed E-state index contributed by atoms with van der Waals surface area (Å²) in [4.78, 5) is 0. The first kappa shape index (κ1) is 10.7. The van der Waals surface area contributed by atoms with Gasteiger partial charge in [0.25, 0.3) is 0 Å². The van der Waals surface area contributed by atoms with E-state index in [9.17, 15) is 8.42 Å². The average molecular weight is 205 g/mol. The van der Waals surface area contributed by atoms with Crippen molar-refractivity contribution in [1.82, 2.24) is 4.31 Å². The number of sulfonamides is 1. The van der Waals surface area contributed by atoms with E-state index in [4.69, 9.17) is 5.11 Å². The SMILES string of the molecule is C=CS(=O)(=O)N1CCC[C@H](CO)C1. The minimum atomic E-state index is -3.28. The second kappa shape index (κ2) is 4.21. The van der Waals surface area contributed by atoms with Crippen LogP contribution in [0.2, 0.25) is 0 Å². The van der Waals surface area contributed by atoms with Gasteiger partial charge in [0.05, 0.1) is 0 Å². The Kier molecular flexibility index (Phi) is 3.47. The van der Waals surface area contributed by atoms with E-state index in [-0.39, 0.29) is 12.5 Å². The molecule has 0 radical (unpaired) electrons. The van der Waals surface area contributed by atoms with Crippen LogP contribution in [-0.4, -0.2) is 37.5 Å². The Bertz CT molecular complexity index is 273. The zero-order chi connectivity index (χ0) is 9.90. The molecule has 0 saturated carbocycles. The molecule has 1 atom stereocenters. The minimum Gasteiger partial charge on any atom is -0.396 e. The van der Waals surface area contributed by atoms with Crippen molar-refractivity contribution in [2.75, 3.05) is 19.7 Å². The highest BCUT2D eigenvalue weighted by atomic mass is 32.2. The molecule has 0 unspecified atom stereocenters. The molecule has 0 amide bonds. The molecule has 1 rings (SSSR count). The largest absolute Gasteiger partial charge is 0.396 e. The minimum absolute atomic E-state index is 0.0587. The summed E-state index contributed by atoms with van der Waals surface area (Å²) in [7, 11) is -3.28. The molecule has 0 spiro atoms. The molecule has 1 N–H and O–H groups in total. The first-order valence-electron chi connectivity index (χ1n) is 4.33. The van der Waals surface area contributed by atoms with Crippen molar-refractivity contribution in [3.05, 3.63) is 12.0 Å². The van der Waals surface area contributed by atoms with E-state index in [0.29, 0.717) is 13.1 Å². The van der Waals surface area contributed by atoms with Crippen LogP contribution in [-0.2, 0) is 10.0 Å². The van der Waals surface area contributed by atoms with Crippen molar-refractivity contribution in [3.63, 3.8) is 0 Å². The summed E-state index contributed by atoms with van der Waals surface area (Å²) in [6.45, 7) is 4.29. The van der Waals surface area contributed by atoms with Crippen LogP contribution in [0.15, 0.2) is 12.0 Å². The number of aliphatic hydroxyl groups excluding tert-OH is 1. The third kappa shape index (κ3) is 2.52. The van der Waals surface area contributed by atoms with Crippen LogP contribution >= 0.6 is 0 Å². The third-order valence-electron chi connectivity index (χ3n) is 2.31. The molecule has 13 heavy (non-hydrogen) atoms. The summed E-state index contributed by atoms with van der Waals surface area (Å²) in [6, 6.07) is 0.